The third-order valence-corrected chi connectivity index (χ3v) is 2.69. The van der Waals surface area contributed by atoms with E-state index in [1.165, 1.54) is 12.8 Å². The Morgan fingerprint density at radius 1 is 1.18 bits per heavy atom. The first-order valence-corrected chi connectivity index (χ1v) is 6.34. The minimum Gasteiger partial charge on any atom is -0.354 e. The molecule has 17 heavy (non-hydrogen) atoms. The zero-order valence-electron chi connectivity index (χ0n) is 10.7. The van der Waals surface area contributed by atoms with Gasteiger partial charge >= 0.3 is 0 Å². The van der Waals surface area contributed by atoms with Crippen molar-refractivity contribution in [2.45, 2.75) is 26.7 Å². The molecule has 1 aliphatic carbocycles. The van der Waals surface area contributed by atoms with E-state index in [1.807, 2.05) is 13.8 Å². The molecule has 0 heterocycles. The van der Waals surface area contributed by atoms with Gasteiger partial charge in [0.15, 0.2) is 0 Å². The van der Waals surface area contributed by atoms with Crippen LogP contribution >= 0.6 is 0 Å². The Hall–Kier alpha value is -1.10. The smallest absolute Gasteiger partial charge is 0.234 e. The molecule has 0 aromatic carbocycles. The van der Waals surface area contributed by atoms with Crippen LogP contribution in [-0.4, -0.2) is 38.0 Å². The summed E-state index contributed by atoms with van der Waals surface area (Å²) in [5, 5.41) is 8.62. The monoisotopic (exact) mass is 241 g/mol. The van der Waals surface area contributed by atoms with Gasteiger partial charge in [0.05, 0.1) is 6.54 Å². The van der Waals surface area contributed by atoms with Crippen LogP contribution in [0.4, 0.5) is 0 Å². The van der Waals surface area contributed by atoms with Gasteiger partial charge in [-0.05, 0) is 25.3 Å². The Kier molecular flexibility index (Phi) is 5.97. The molecule has 5 nitrogen and oxygen atoms in total. The van der Waals surface area contributed by atoms with E-state index >= 15 is 0 Å². The number of hydrogen-bond donors (Lipinski definition) is 3. The zero-order chi connectivity index (χ0) is 12.7. The van der Waals surface area contributed by atoms with Gasteiger partial charge in [-0.25, -0.2) is 0 Å². The summed E-state index contributed by atoms with van der Waals surface area (Å²) in [6.45, 7) is 5.98. The maximum Gasteiger partial charge on any atom is 0.234 e. The maximum atomic E-state index is 11.3. The quantitative estimate of drug-likeness (QED) is 0.519. The lowest BCUT2D eigenvalue weighted by Gasteiger charge is -2.09. The van der Waals surface area contributed by atoms with Crippen LogP contribution in [0.3, 0.4) is 0 Å². The fourth-order valence-electron chi connectivity index (χ4n) is 1.37. The number of carbonyl (C=O) groups is 2. The maximum absolute atomic E-state index is 11.3. The molecule has 0 aromatic rings. The molecule has 0 aromatic heterocycles. The van der Waals surface area contributed by atoms with Crippen LogP contribution in [0.25, 0.3) is 0 Å². The van der Waals surface area contributed by atoms with Crippen molar-refractivity contribution in [2.75, 3.05) is 26.2 Å². The summed E-state index contributed by atoms with van der Waals surface area (Å²) in [6.07, 6.45) is 2.58. The lowest BCUT2D eigenvalue weighted by atomic mass is 10.2. The standard InChI is InChI=1S/C12H23N3O2/c1-9(2)12(17)15-6-5-14-11(16)8-13-7-10-3-4-10/h9-10,13H,3-8H2,1-2H3,(H,14,16)(H,15,17). The van der Waals surface area contributed by atoms with Crippen molar-refractivity contribution >= 4 is 11.8 Å². The van der Waals surface area contributed by atoms with Crippen LogP contribution in [0.15, 0.2) is 0 Å². The highest BCUT2D eigenvalue weighted by Gasteiger charge is 2.20. The van der Waals surface area contributed by atoms with Crippen LogP contribution < -0.4 is 16.0 Å². The number of rotatable bonds is 8. The van der Waals surface area contributed by atoms with Gasteiger partial charge in [0, 0.05) is 19.0 Å². The van der Waals surface area contributed by atoms with E-state index in [4.69, 9.17) is 0 Å². The topological polar surface area (TPSA) is 70.2 Å². The summed E-state index contributed by atoms with van der Waals surface area (Å²) in [6, 6.07) is 0. The largest absolute Gasteiger partial charge is 0.354 e. The van der Waals surface area contributed by atoms with Gasteiger partial charge in [-0.15, -0.1) is 0 Å². The molecular formula is C12H23N3O2. The summed E-state index contributed by atoms with van der Waals surface area (Å²) >= 11 is 0. The third kappa shape index (κ3) is 6.94. The van der Waals surface area contributed by atoms with Crippen molar-refractivity contribution < 1.29 is 9.59 Å². The number of amides is 2. The second-order valence-electron chi connectivity index (χ2n) is 4.87. The molecule has 2 amide bonds. The minimum absolute atomic E-state index is 0.00842. The van der Waals surface area contributed by atoms with Gasteiger partial charge in [0.25, 0.3) is 0 Å². The van der Waals surface area contributed by atoms with Crippen LogP contribution in [0.5, 0.6) is 0 Å². The Morgan fingerprint density at radius 2 is 1.82 bits per heavy atom. The predicted octanol–water partition coefficient (Wildman–Crippen LogP) is -0.126. The molecule has 0 saturated heterocycles. The summed E-state index contributed by atoms with van der Waals surface area (Å²) in [5.41, 5.74) is 0. The van der Waals surface area contributed by atoms with E-state index in [1.54, 1.807) is 0 Å². The molecule has 0 atom stereocenters. The van der Waals surface area contributed by atoms with Gasteiger partial charge in [-0.2, -0.15) is 0 Å². The molecule has 5 heteroatoms. The molecule has 0 spiro atoms. The molecular weight excluding hydrogens is 218 g/mol. The van der Waals surface area contributed by atoms with Gasteiger partial charge in [-0.1, -0.05) is 13.8 Å². The van der Waals surface area contributed by atoms with Crippen molar-refractivity contribution in [1.29, 1.82) is 0 Å². The summed E-state index contributed by atoms with van der Waals surface area (Å²) < 4.78 is 0. The van der Waals surface area contributed by atoms with E-state index in [2.05, 4.69) is 16.0 Å². The van der Waals surface area contributed by atoms with Crippen molar-refractivity contribution in [2.24, 2.45) is 11.8 Å². The van der Waals surface area contributed by atoms with Crippen molar-refractivity contribution in [1.82, 2.24) is 16.0 Å². The Morgan fingerprint density at radius 3 is 2.41 bits per heavy atom. The number of nitrogens with one attached hydrogen (secondary N) is 3. The Bertz CT molecular complexity index is 262. The van der Waals surface area contributed by atoms with Gasteiger partial charge in [-0.3, -0.25) is 9.59 Å². The summed E-state index contributed by atoms with van der Waals surface area (Å²) in [5.74, 6) is 0.787. The molecule has 0 bridgehead atoms. The molecule has 98 valence electrons. The molecule has 1 rings (SSSR count). The van der Waals surface area contributed by atoms with Crippen LogP contribution in [0.2, 0.25) is 0 Å². The zero-order valence-corrected chi connectivity index (χ0v) is 10.7. The molecule has 0 aliphatic heterocycles. The molecule has 1 aliphatic rings. The lowest BCUT2D eigenvalue weighted by Crippen LogP contribution is -2.40. The fraction of sp³-hybridized carbons (Fsp3) is 0.833. The van der Waals surface area contributed by atoms with Gasteiger partial charge in [0.1, 0.15) is 0 Å². The highest BCUT2D eigenvalue weighted by Crippen LogP contribution is 2.27. The fourth-order valence-corrected chi connectivity index (χ4v) is 1.37. The van der Waals surface area contributed by atoms with E-state index < -0.39 is 0 Å². The predicted molar refractivity (Wildman–Crippen MR) is 66.5 cm³/mol. The SMILES string of the molecule is CC(C)C(=O)NCCNC(=O)CNCC1CC1. The molecule has 0 unspecified atom stereocenters. The molecule has 0 radical (unpaired) electrons. The normalized spacial score (nSPS) is 14.8. The number of carbonyl (C=O) groups excluding carboxylic acids is 2. The van der Waals surface area contributed by atoms with Crippen molar-refractivity contribution in [3.05, 3.63) is 0 Å². The average Bonchev–Trinajstić information content (AvgIpc) is 3.08. The van der Waals surface area contributed by atoms with E-state index in [-0.39, 0.29) is 17.7 Å². The highest BCUT2D eigenvalue weighted by atomic mass is 16.2. The van der Waals surface area contributed by atoms with Crippen molar-refractivity contribution in [3.8, 4) is 0 Å². The first kappa shape index (κ1) is 14.0. The second kappa shape index (κ2) is 7.27. The van der Waals surface area contributed by atoms with E-state index in [0.717, 1.165) is 12.5 Å². The van der Waals surface area contributed by atoms with Crippen LogP contribution in [-0.2, 0) is 9.59 Å². The first-order valence-electron chi connectivity index (χ1n) is 6.34. The molecule has 1 saturated carbocycles. The van der Waals surface area contributed by atoms with Crippen LogP contribution in [0, 0.1) is 11.8 Å². The number of hydrogen-bond acceptors (Lipinski definition) is 3. The Balaban J connectivity index is 1.90. The van der Waals surface area contributed by atoms with Gasteiger partial charge in [0.2, 0.25) is 11.8 Å². The highest BCUT2D eigenvalue weighted by molar-refractivity contribution is 5.79. The molecule has 1 fully saturated rings. The Labute approximate surface area is 103 Å². The summed E-state index contributed by atoms with van der Waals surface area (Å²) in [4.78, 5) is 22.5. The van der Waals surface area contributed by atoms with Gasteiger partial charge < -0.3 is 16.0 Å². The average molecular weight is 241 g/mol. The van der Waals surface area contributed by atoms with E-state index in [9.17, 15) is 9.59 Å². The molecule has 3 N–H and O–H groups in total. The lowest BCUT2D eigenvalue weighted by molar-refractivity contribution is -0.124. The van der Waals surface area contributed by atoms with E-state index in [0.29, 0.717) is 19.6 Å². The third-order valence-electron chi connectivity index (χ3n) is 2.69. The van der Waals surface area contributed by atoms with Crippen molar-refractivity contribution in [3.63, 3.8) is 0 Å². The first-order chi connectivity index (χ1) is 8.09. The minimum atomic E-state index is -0.00977. The summed E-state index contributed by atoms with van der Waals surface area (Å²) in [7, 11) is 0. The second-order valence-corrected chi connectivity index (χ2v) is 4.87. The van der Waals surface area contributed by atoms with Crippen LogP contribution in [0.1, 0.15) is 26.7 Å².